The van der Waals surface area contributed by atoms with Crippen LogP contribution in [0.1, 0.15) is 19.4 Å². The highest BCUT2D eigenvalue weighted by molar-refractivity contribution is 5.90. The van der Waals surface area contributed by atoms with Crippen LogP contribution in [-0.2, 0) is 6.54 Å². The van der Waals surface area contributed by atoms with E-state index in [-0.39, 0.29) is 6.04 Å². The van der Waals surface area contributed by atoms with Gasteiger partial charge in [0.15, 0.2) is 0 Å². The number of fused-ring (bicyclic) bond motifs is 1. The molecule has 2 aromatic carbocycles. The highest BCUT2D eigenvalue weighted by Crippen LogP contribution is 2.23. The van der Waals surface area contributed by atoms with Gasteiger partial charge in [0.05, 0.1) is 12.6 Å². The number of ether oxygens (including phenoxy) is 1. The first-order valence-electron chi connectivity index (χ1n) is 8.06. The van der Waals surface area contributed by atoms with E-state index >= 15 is 0 Å². The molecule has 0 unspecified atom stereocenters. The van der Waals surface area contributed by atoms with E-state index in [0.717, 1.165) is 28.0 Å². The summed E-state index contributed by atoms with van der Waals surface area (Å²) in [6.45, 7) is 4.83. The van der Waals surface area contributed by atoms with Crippen molar-refractivity contribution < 1.29 is 4.74 Å². The van der Waals surface area contributed by atoms with Crippen LogP contribution < -0.4 is 15.4 Å². The predicted octanol–water partition coefficient (Wildman–Crippen LogP) is 4.07. The molecule has 1 heterocycles. The topological polar surface area (TPSA) is 59.1 Å². The van der Waals surface area contributed by atoms with Gasteiger partial charge >= 0.3 is 0 Å². The maximum atomic E-state index is 5.19. The summed E-state index contributed by atoms with van der Waals surface area (Å²) in [7, 11) is 1.67. The van der Waals surface area contributed by atoms with Crippen molar-refractivity contribution in [3.63, 3.8) is 0 Å². The van der Waals surface area contributed by atoms with Crippen LogP contribution in [0.2, 0.25) is 0 Å². The number of nitrogens with one attached hydrogen (secondary N) is 2. The normalized spacial score (nSPS) is 10.8. The Morgan fingerprint density at radius 2 is 1.75 bits per heavy atom. The summed E-state index contributed by atoms with van der Waals surface area (Å²) in [5.41, 5.74) is 2.09. The van der Waals surface area contributed by atoms with Crippen molar-refractivity contribution in [3.05, 3.63) is 54.1 Å². The van der Waals surface area contributed by atoms with Gasteiger partial charge in [-0.3, -0.25) is 0 Å². The van der Waals surface area contributed by atoms with Crippen molar-refractivity contribution in [2.24, 2.45) is 0 Å². The third-order valence-corrected chi connectivity index (χ3v) is 3.64. The van der Waals surface area contributed by atoms with Gasteiger partial charge in [-0.25, -0.2) is 4.98 Å². The summed E-state index contributed by atoms with van der Waals surface area (Å²) in [5.74, 6) is 2.33. The average molecular weight is 322 g/mol. The highest BCUT2D eigenvalue weighted by Gasteiger charge is 2.08. The minimum Gasteiger partial charge on any atom is -0.497 e. The smallest absolute Gasteiger partial charge is 0.225 e. The molecule has 0 radical (unpaired) electrons. The number of aromatic nitrogens is 2. The number of benzene rings is 2. The van der Waals surface area contributed by atoms with E-state index < -0.39 is 0 Å². The van der Waals surface area contributed by atoms with Crippen LogP contribution in [0.3, 0.4) is 0 Å². The zero-order valence-corrected chi connectivity index (χ0v) is 14.2. The van der Waals surface area contributed by atoms with Crippen LogP contribution >= 0.6 is 0 Å². The first kappa shape index (κ1) is 16.1. The van der Waals surface area contributed by atoms with Gasteiger partial charge in [-0.2, -0.15) is 4.98 Å². The zero-order valence-electron chi connectivity index (χ0n) is 14.2. The van der Waals surface area contributed by atoms with E-state index in [2.05, 4.69) is 34.4 Å². The van der Waals surface area contributed by atoms with E-state index in [1.165, 1.54) is 0 Å². The second-order valence-electron chi connectivity index (χ2n) is 5.91. The Balaban J connectivity index is 1.86. The van der Waals surface area contributed by atoms with Crippen LogP contribution in [-0.4, -0.2) is 23.1 Å². The molecule has 0 aliphatic rings. The van der Waals surface area contributed by atoms with Crippen molar-refractivity contribution in [2.45, 2.75) is 26.4 Å². The Labute approximate surface area is 142 Å². The molecular formula is C19H22N4O. The minimum absolute atomic E-state index is 0.278. The summed E-state index contributed by atoms with van der Waals surface area (Å²) in [6.07, 6.45) is 0. The number of nitrogens with zero attached hydrogens (tertiary/aromatic N) is 2. The molecular weight excluding hydrogens is 300 g/mol. The van der Waals surface area contributed by atoms with Crippen molar-refractivity contribution in [3.8, 4) is 5.75 Å². The van der Waals surface area contributed by atoms with E-state index in [4.69, 9.17) is 4.74 Å². The molecule has 0 amide bonds. The maximum Gasteiger partial charge on any atom is 0.225 e. The quantitative estimate of drug-likeness (QED) is 0.716. The fourth-order valence-electron chi connectivity index (χ4n) is 2.46. The molecule has 2 N–H and O–H groups in total. The van der Waals surface area contributed by atoms with E-state index in [1.807, 2.05) is 48.5 Å². The molecule has 124 valence electrons. The summed E-state index contributed by atoms with van der Waals surface area (Å²) in [5, 5.41) is 7.71. The maximum absolute atomic E-state index is 5.19. The van der Waals surface area contributed by atoms with Gasteiger partial charge in [0.25, 0.3) is 0 Å². The monoisotopic (exact) mass is 322 g/mol. The fourth-order valence-corrected chi connectivity index (χ4v) is 2.46. The van der Waals surface area contributed by atoms with Crippen LogP contribution in [0.4, 0.5) is 11.8 Å². The van der Waals surface area contributed by atoms with Gasteiger partial charge in [-0.15, -0.1) is 0 Å². The van der Waals surface area contributed by atoms with Gasteiger partial charge < -0.3 is 15.4 Å². The van der Waals surface area contributed by atoms with E-state index in [9.17, 15) is 0 Å². The fraction of sp³-hybridized carbons (Fsp3) is 0.263. The largest absolute Gasteiger partial charge is 0.497 e. The SMILES string of the molecule is COc1ccc(CNc2nc(NC(C)C)nc3ccccc23)cc1. The number of methoxy groups -OCH3 is 1. The summed E-state index contributed by atoms with van der Waals surface area (Å²) in [4.78, 5) is 9.21. The number of rotatable bonds is 6. The van der Waals surface area contributed by atoms with Gasteiger partial charge in [-0.05, 0) is 43.7 Å². The molecule has 5 nitrogen and oxygen atoms in total. The molecule has 24 heavy (non-hydrogen) atoms. The third kappa shape index (κ3) is 3.74. The summed E-state index contributed by atoms with van der Waals surface area (Å²) < 4.78 is 5.19. The molecule has 3 rings (SSSR count). The van der Waals surface area contributed by atoms with Crippen LogP contribution in [0.15, 0.2) is 48.5 Å². The lowest BCUT2D eigenvalue weighted by Crippen LogP contribution is -2.14. The lowest BCUT2D eigenvalue weighted by Gasteiger charge is -2.13. The van der Waals surface area contributed by atoms with Crippen molar-refractivity contribution in [1.82, 2.24) is 9.97 Å². The average Bonchev–Trinajstić information content (AvgIpc) is 2.59. The van der Waals surface area contributed by atoms with Crippen molar-refractivity contribution in [2.75, 3.05) is 17.7 Å². The van der Waals surface area contributed by atoms with E-state index in [1.54, 1.807) is 7.11 Å². The molecule has 0 fully saturated rings. The molecule has 0 aliphatic carbocycles. The molecule has 0 bridgehead atoms. The van der Waals surface area contributed by atoms with Crippen molar-refractivity contribution >= 4 is 22.7 Å². The Morgan fingerprint density at radius 1 is 1.00 bits per heavy atom. The molecule has 0 atom stereocenters. The lowest BCUT2D eigenvalue weighted by atomic mass is 10.2. The number of hydrogen-bond acceptors (Lipinski definition) is 5. The van der Waals surface area contributed by atoms with Crippen LogP contribution in [0.25, 0.3) is 10.9 Å². The Morgan fingerprint density at radius 3 is 2.46 bits per heavy atom. The molecule has 0 saturated heterocycles. The van der Waals surface area contributed by atoms with Crippen LogP contribution in [0, 0.1) is 0 Å². The molecule has 0 saturated carbocycles. The van der Waals surface area contributed by atoms with Crippen LogP contribution in [0.5, 0.6) is 5.75 Å². The van der Waals surface area contributed by atoms with Gasteiger partial charge in [0.2, 0.25) is 5.95 Å². The number of para-hydroxylation sites is 1. The highest BCUT2D eigenvalue weighted by atomic mass is 16.5. The summed E-state index contributed by atoms with van der Waals surface area (Å²) in [6, 6.07) is 16.3. The van der Waals surface area contributed by atoms with Gasteiger partial charge in [0.1, 0.15) is 11.6 Å². The predicted molar refractivity (Wildman–Crippen MR) is 98.6 cm³/mol. The second kappa shape index (κ2) is 7.17. The molecule has 0 aliphatic heterocycles. The van der Waals surface area contributed by atoms with Crippen molar-refractivity contribution in [1.29, 1.82) is 0 Å². The van der Waals surface area contributed by atoms with Gasteiger partial charge in [-0.1, -0.05) is 24.3 Å². The molecule has 3 aromatic rings. The lowest BCUT2D eigenvalue weighted by molar-refractivity contribution is 0.414. The number of hydrogen-bond donors (Lipinski definition) is 2. The zero-order chi connectivity index (χ0) is 16.9. The summed E-state index contributed by atoms with van der Waals surface area (Å²) >= 11 is 0. The molecule has 0 spiro atoms. The second-order valence-corrected chi connectivity index (χ2v) is 5.91. The minimum atomic E-state index is 0.278. The third-order valence-electron chi connectivity index (χ3n) is 3.64. The Hall–Kier alpha value is -2.82. The Kier molecular flexibility index (Phi) is 4.79. The first-order valence-corrected chi connectivity index (χ1v) is 8.06. The number of anilines is 2. The molecule has 5 heteroatoms. The molecule has 1 aromatic heterocycles. The van der Waals surface area contributed by atoms with Gasteiger partial charge in [0, 0.05) is 18.0 Å². The standard InChI is InChI=1S/C19H22N4O/c1-13(2)21-19-22-17-7-5-4-6-16(17)18(23-19)20-12-14-8-10-15(24-3)11-9-14/h4-11,13H,12H2,1-3H3,(H2,20,21,22,23). The Bertz CT molecular complexity index is 815. The van der Waals surface area contributed by atoms with E-state index in [0.29, 0.717) is 12.5 Å². The first-order chi connectivity index (χ1) is 11.7.